The molecular weight excluding hydrogens is 334 g/mol. The molecule has 2 aromatic heterocycles. The van der Waals surface area contributed by atoms with Gasteiger partial charge in [0.1, 0.15) is 23.0 Å². The van der Waals surface area contributed by atoms with Gasteiger partial charge in [0.25, 0.3) is 0 Å². The molecule has 7 heteroatoms. The number of nitrogens with zero attached hydrogens (tertiary/aromatic N) is 2. The van der Waals surface area contributed by atoms with Crippen molar-refractivity contribution < 1.29 is 17.6 Å². The number of nitrogens with one attached hydrogen (secondary N) is 1. The van der Waals surface area contributed by atoms with E-state index < -0.39 is 23.1 Å². The van der Waals surface area contributed by atoms with Crippen molar-refractivity contribution in [1.82, 2.24) is 9.38 Å². The highest BCUT2D eigenvalue weighted by Gasteiger charge is 2.31. The molecule has 132 valence electrons. The van der Waals surface area contributed by atoms with Gasteiger partial charge in [-0.3, -0.25) is 4.40 Å². The van der Waals surface area contributed by atoms with Gasteiger partial charge in [0.15, 0.2) is 0 Å². The second-order valence-electron chi connectivity index (χ2n) is 6.84. The van der Waals surface area contributed by atoms with Crippen LogP contribution in [-0.4, -0.2) is 14.9 Å². The number of aromatic nitrogens is 2. The van der Waals surface area contributed by atoms with Gasteiger partial charge in [0, 0.05) is 17.3 Å². The monoisotopic (exact) mass is 351 g/mol. The number of imidazole rings is 1. The van der Waals surface area contributed by atoms with Gasteiger partial charge in [0.05, 0.1) is 5.56 Å². The Hall–Kier alpha value is -2.57. The number of hydrogen-bond acceptors (Lipinski definition) is 2. The molecule has 0 unspecified atom stereocenters. The molecule has 0 bridgehead atoms. The second kappa shape index (κ2) is 5.75. The van der Waals surface area contributed by atoms with Crippen LogP contribution in [0.2, 0.25) is 0 Å². The molecule has 3 nitrogen and oxygen atoms in total. The van der Waals surface area contributed by atoms with E-state index in [1.54, 1.807) is 6.07 Å². The lowest BCUT2D eigenvalue weighted by Crippen LogP contribution is -2.27. The van der Waals surface area contributed by atoms with Crippen LogP contribution in [0, 0.1) is 5.82 Å². The molecule has 0 saturated heterocycles. The van der Waals surface area contributed by atoms with E-state index in [0.29, 0.717) is 22.7 Å². The van der Waals surface area contributed by atoms with Crippen LogP contribution in [0.15, 0.2) is 42.6 Å². The molecule has 0 amide bonds. The van der Waals surface area contributed by atoms with E-state index in [0.717, 1.165) is 12.3 Å². The minimum atomic E-state index is -4.46. The topological polar surface area (TPSA) is 29.3 Å². The summed E-state index contributed by atoms with van der Waals surface area (Å²) < 4.78 is 54.1. The van der Waals surface area contributed by atoms with E-state index in [1.807, 2.05) is 20.8 Å². The maximum absolute atomic E-state index is 13.6. The van der Waals surface area contributed by atoms with Crippen molar-refractivity contribution in [3.8, 4) is 11.3 Å². The Balaban J connectivity index is 2.27. The molecule has 0 fully saturated rings. The number of benzene rings is 1. The number of fused-ring (bicyclic) bond motifs is 1. The van der Waals surface area contributed by atoms with Crippen LogP contribution < -0.4 is 5.32 Å². The molecule has 0 aliphatic carbocycles. The van der Waals surface area contributed by atoms with Crippen molar-refractivity contribution in [1.29, 1.82) is 0 Å². The summed E-state index contributed by atoms with van der Waals surface area (Å²) in [5.41, 5.74) is 0.0312. The van der Waals surface area contributed by atoms with Crippen LogP contribution in [0.4, 0.5) is 23.4 Å². The zero-order valence-electron chi connectivity index (χ0n) is 13.9. The van der Waals surface area contributed by atoms with E-state index in [-0.39, 0.29) is 0 Å². The first kappa shape index (κ1) is 17.3. The third-order valence-corrected chi connectivity index (χ3v) is 3.54. The maximum atomic E-state index is 13.6. The first-order chi connectivity index (χ1) is 11.5. The zero-order valence-corrected chi connectivity index (χ0v) is 13.9. The molecule has 0 aliphatic rings. The molecule has 0 atom stereocenters. The van der Waals surface area contributed by atoms with Crippen molar-refractivity contribution in [2.24, 2.45) is 0 Å². The van der Waals surface area contributed by atoms with Crippen LogP contribution >= 0.6 is 0 Å². The fourth-order valence-corrected chi connectivity index (χ4v) is 2.52. The number of hydrogen-bond donors (Lipinski definition) is 1. The van der Waals surface area contributed by atoms with Crippen LogP contribution in [0.5, 0.6) is 0 Å². The lowest BCUT2D eigenvalue weighted by Gasteiger charge is -2.23. The Morgan fingerprint density at radius 2 is 1.76 bits per heavy atom. The van der Waals surface area contributed by atoms with E-state index in [4.69, 9.17) is 0 Å². The highest BCUT2D eigenvalue weighted by atomic mass is 19.4. The Kier molecular flexibility index (Phi) is 3.97. The summed E-state index contributed by atoms with van der Waals surface area (Å²) in [5.74, 6) is -0.0496. The van der Waals surface area contributed by atoms with Crippen LogP contribution in [0.25, 0.3) is 16.9 Å². The molecule has 2 heterocycles. The van der Waals surface area contributed by atoms with E-state index in [2.05, 4.69) is 10.3 Å². The fourth-order valence-electron chi connectivity index (χ4n) is 2.52. The number of anilines is 1. The lowest BCUT2D eigenvalue weighted by atomic mass is 10.1. The third-order valence-electron chi connectivity index (χ3n) is 3.54. The summed E-state index contributed by atoms with van der Waals surface area (Å²) in [4.78, 5) is 4.40. The normalized spacial score (nSPS) is 12.6. The minimum Gasteiger partial charge on any atom is -0.365 e. The highest BCUT2D eigenvalue weighted by molar-refractivity contribution is 5.77. The number of alkyl halides is 3. The van der Waals surface area contributed by atoms with Gasteiger partial charge in [-0.25, -0.2) is 9.37 Å². The minimum absolute atomic E-state index is 0.346. The largest absolute Gasteiger partial charge is 0.417 e. The van der Waals surface area contributed by atoms with Crippen molar-refractivity contribution in [2.45, 2.75) is 32.5 Å². The average Bonchev–Trinajstić information content (AvgIpc) is 2.82. The smallest absolute Gasteiger partial charge is 0.365 e. The molecule has 3 rings (SSSR count). The summed E-state index contributed by atoms with van der Waals surface area (Å²) in [5, 5.41) is 3.18. The molecule has 1 N–H and O–H groups in total. The second-order valence-corrected chi connectivity index (χ2v) is 6.84. The zero-order chi connectivity index (χ0) is 18.4. The SMILES string of the molecule is CC(C)(C)Nc1c(-c2cccc(F)c2)nc2ccc(C(F)(F)F)cn12. The van der Waals surface area contributed by atoms with Crippen molar-refractivity contribution in [3.63, 3.8) is 0 Å². The summed E-state index contributed by atoms with van der Waals surface area (Å²) in [6, 6.07) is 8.11. The lowest BCUT2D eigenvalue weighted by molar-refractivity contribution is -0.137. The highest BCUT2D eigenvalue weighted by Crippen LogP contribution is 2.34. The van der Waals surface area contributed by atoms with Gasteiger partial charge in [-0.1, -0.05) is 12.1 Å². The van der Waals surface area contributed by atoms with Crippen LogP contribution in [-0.2, 0) is 6.18 Å². The fraction of sp³-hybridized carbons (Fsp3) is 0.278. The number of pyridine rings is 1. The van der Waals surface area contributed by atoms with Gasteiger partial charge in [-0.2, -0.15) is 13.2 Å². The van der Waals surface area contributed by atoms with E-state index in [9.17, 15) is 17.6 Å². The molecule has 0 radical (unpaired) electrons. The Bertz CT molecular complexity index is 920. The summed E-state index contributed by atoms with van der Waals surface area (Å²) in [7, 11) is 0. The van der Waals surface area contributed by atoms with Crippen molar-refractivity contribution in [3.05, 3.63) is 54.0 Å². The van der Waals surface area contributed by atoms with Crippen LogP contribution in [0.1, 0.15) is 26.3 Å². The van der Waals surface area contributed by atoms with Crippen molar-refractivity contribution in [2.75, 3.05) is 5.32 Å². The number of halogens is 4. The summed E-state index contributed by atoms with van der Waals surface area (Å²) >= 11 is 0. The predicted octanol–water partition coefficient (Wildman–Crippen LogP) is 5.37. The number of rotatable bonds is 2. The standard InChI is InChI=1S/C18H17F4N3/c1-17(2,3)24-16-15(11-5-4-6-13(19)9-11)23-14-8-7-12(10-25(14)16)18(20,21)22/h4-10,24H,1-3H3. The third kappa shape index (κ3) is 3.60. The van der Waals surface area contributed by atoms with Gasteiger partial charge in [0.2, 0.25) is 0 Å². The first-order valence-electron chi connectivity index (χ1n) is 7.68. The summed E-state index contributed by atoms with van der Waals surface area (Å²) in [6.07, 6.45) is -3.46. The van der Waals surface area contributed by atoms with Crippen LogP contribution in [0.3, 0.4) is 0 Å². The van der Waals surface area contributed by atoms with Crippen molar-refractivity contribution >= 4 is 11.5 Å². The molecule has 0 aliphatic heterocycles. The Morgan fingerprint density at radius 3 is 2.36 bits per heavy atom. The van der Waals surface area contributed by atoms with E-state index >= 15 is 0 Å². The molecular formula is C18H17F4N3. The van der Waals surface area contributed by atoms with Gasteiger partial charge in [-0.05, 0) is 45.0 Å². The Labute approximate surface area is 142 Å². The molecule has 3 aromatic rings. The van der Waals surface area contributed by atoms with Gasteiger partial charge in [-0.15, -0.1) is 0 Å². The van der Waals surface area contributed by atoms with E-state index in [1.165, 1.54) is 28.7 Å². The predicted molar refractivity (Wildman–Crippen MR) is 89.0 cm³/mol. The quantitative estimate of drug-likeness (QED) is 0.629. The molecule has 0 spiro atoms. The summed E-state index contributed by atoms with van der Waals surface area (Å²) in [6.45, 7) is 5.65. The molecule has 25 heavy (non-hydrogen) atoms. The Morgan fingerprint density at radius 1 is 1.04 bits per heavy atom. The van der Waals surface area contributed by atoms with Gasteiger partial charge >= 0.3 is 6.18 Å². The average molecular weight is 351 g/mol. The van der Waals surface area contributed by atoms with Gasteiger partial charge < -0.3 is 5.32 Å². The molecule has 1 aromatic carbocycles. The maximum Gasteiger partial charge on any atom is 0.417 e. The first-order valence-corrected chi connectivity index (χ1v) is 7.68. The molecule has 0 saturated carbocycles.